The second-order valence-electron chi connectivity index (χ2n) is 5.90. The smallest absolute Gasteiger partial charge is 0.119 e. The maximum Gasteiger partial charge on any atom is 0.119 e. The molecule has 0 unspecified atom stereocenters. The monoisotopic (exact) mass is 281 g/mol. The molecule has 21 heavy (non-hydrogen) atoms. The van der Waals surface area contributed by atoms with Crippen LogP contribution >= 0.6 is 0 Å². The average Bonchev–Trinajstić information content (AvgIpc) is 3.32. The quantitative estimate of drug-likeness (QED) is 0.832. The van der Waals surface area contributed by atoms with Crippen molar-refractivity contribution < 1.29 is 4.74 Å². The van der Waals surface area contributed by atoms with Gasteiger partial charge in [-0.05, 0) is 56.0 Å². The van der Waals surface area contributed by atoms with E-state index < -0.39 is 0 Å². The summed E-state index contributed by atoms with van der Waals surface area (Å²) in [6.07, 6.45) is 3.82. The molecule has 0 aromatic heterocycles. The molecule has 3 rings (SSSR count). The molecule has 2 heteroatoms. The Balaban J connectivity index is 1.45. The molecule has 1 aliphatic carbocycles. The third-order valence-electron chi connectivity index (χ3n) is 3.87. The lowest BCUT2D eigenvalue weighted by molar-refractivity contribution is 0.306. The molecule has 0 heterocycles. The summed E-state index contributed by atoms with van der Waals surface area (Å²) in [6.45, 7) is 3.80. The van der Waals surface area contributed by atoms with Crippen molar-refractivity contribution in [2.24, 2.45) is 0 Å². The van der Waals surface area contributed by atoms with Gasteiger partial charge in [-0.1, -0.05) is 42.0 Å². The number of hydrogen-bond acceptors (Lipinski definition) is 2. The predicted octanol–water partition coefficient (Wildman–Crippen LogP) is 3.87. The average molecular weight is 281 g/mol. The Kier molecular flexibility index (Phi) is 4.56. The van der Waals surface area contributed by atoms with Crippen LogP contribution in [0, 0.1) is 6.92 Å². The van der Waals surface area contributed by atoms with Crippen molar-refractivity contribution in [3.05, 3.63) is 65.2 Å². The predicted molar refractivity (Wildman–Crippen MR) is 86.7 cm³/mol. The third-order valence-corrected chi connectivity index (χ3v) is 3.87. The maximum absolute atomic E-state index is 5.80. The highest BCUT2D eigenvalue weighted by atomic mass is 16.5. The highest BCUT2D eigenvalue weighted by Gasteiger charge is 2.19. The molecule has 110 valence electrons. The molecule has 0 saturated heterocycles. The van der Waals surface area contributed by atoms with E-state index >= 15 is 0 Å². The largest absolute Gasteiger partial charge is 0.489 e. The number of hydrogen-bond donors (Lipinski definition) is 1. The molecule has 0 amide bonds. The van der Waals surface area contributed by atoms with Crippen molar-refractivity contribution in [2.45, 2.75) is 38.8 Å². The minimum absolute atomic E-state index is 0.629. The van der Waals surface area contributed by atoms with Gasteiger partial charge in [-0.3, -0.25) is 0 Å². The van der Waals surface area contributed by atoms with Gasteiger partial charge in [-0.15, -0.1) is 0 Å². The number of aryl methyl sites for hydroxylation is 1. The molecule has 1 fully saturated rings. The van der Waals surface area contributed by atoms with Crippen molar-refractivity contribution >= 4 is 0 Å². The topological polar surface area (TPSA) is 21.3 Å². The van der Waals surface area contributed by atoms with E-state index in [2.05, 4.69) is 48.6 Å². The Labute approximate surface area is 127 Å². The maximum atomic E-state index is 5.80. The lowest BCUT2D eigenvalue weighted by Crippen LogP contribution is -2.19. The molecule has 0 aliphatic heterocycles. The molecule has 2 nitrogen and oxygen atoms in total. The lowest BCUT2D eigenvalue weighted by Gasteiger charge is -2.08. The molecule has 1 saturated carbocycles. The Bertz CT molecular complexity index is 555. The van der Waals surface area contributed by atoms with Crippen molar-refractivity contribution in [1.29, 1.82) is 0 Å². The van der Waals surface area contributed by atoms with Crippen LogP contribution in [0.4, 0.5) is 0 Å². The van der Waals surface area contributed by atoms with Gasteiger partial charge in [-0.2, -0.15) is 0 Å². The molecule has 2 aromatic carbocycles. The fourth-order valence-corrected chi connectivity index (χ4v) is 2.31. The first kappa shape index (κ1) is 14.2. The van der Waals surface area contributed by atoms with Gasteiger partial charge in [0.25, 0.3) is 0 Å². The molecule has 2 aromatic rings. The van der Waals surface area contributed by atoms with Crippen LogP contribution in [0.2, 0.25) is 0 Å². The van der Waals surface area contributed by atoms with Crippen LogP contribution in [0.5, 0.6) is 5.75 Å². The van der Waals surface area contributed by atoms with Gasteiger partial charge in [0.1, 0.15) is 12.4 Å². The summed E-state index contributed by atoms with van der Waals surface area (Å²) in [5.74, 6) is 0.929. The molecular weight excluding hydrogens is 258 g/mol. The second kappa shape index (κ2) is 6.77. The summed E-state index contributed by atoms with van der Waals surface area (Å²) >= 11 is 0. The number of benzene rings is 2. The summed E-state index contributed by atoms with van der Waals surface area (Å²) in [5.41, 5.74) is 3.86. The fraction of sp³-hybridized carbons (Fsp3) is 0.368. The minimum Gasteiger partial charge on any atom is -0.489 e. The summed E-state index contributed by atoms with van der Waals surface area (Å²) in [7, 11) is 0. The SMILES string of the molecule is Cc1ccc(OCc2ccc(CCNC3CC3)cc2)cc1. The van der Waals surface area contributed by atoms with E-state index in [1.54, 1.807) is 0 Å². The zero-order valence-electron chi connectivity index (χ0n) is 12.6. The first-order valence-electron chi connectivity index (χ1n) is 7.80. The first-order valence-corrected chi connectivity index (χ1v) is 7.80. The van der Waals surface area contributed by atoms with Crippen molar-refractivity contribution in [1.82, 2.24) is 5.32 Å². The Morgan fingerprint density at radius 1 is 0.952 bits per heavy atom. The van der Waals surface area contributed by atoms with Crippen LogP contribution in [-0.2, 0) is 13.0 Å². The van der Waals surface area contributed by atoms with Gasteiger partial charge in [0, 0.05) is 6.04 Å². The van der Waals surface area contributed by atoms with E-state index in [-0.39, 0.29) is 0 Å². The normalized spacial score (nSPS) is 14.1. The minimum atomic E-state index is 0.629. The van der Waals surface area contributed by atoms with Crippen LogP contribution in [0.1, 0.15) is 29.5 Å². The van der Waals surface area contributed by atoms with Crippen molar-refractivity contribution in [2.75, 3.05) is 6.54 Å². The number of ether oxygens (including phenoxy) is 1. The highest BCUT2D eigenvalue weighted by molar-refractivity contribution is 5.27. The van der Waals surface area contributed by atoms with Gasteiger partial charge in [0.2, 0.25) is 0 Å². The van der Waals surface area contributed by atoms with Gasteiger partial charge in [0.05, 0.1) is 0 Å². The van der Waals surface area contributed by atoms with Gasteiger partial charge >= 0.3 is 0 Å². The Morgan fingerprint density at radius 2 is 1.62 bits per heavy atom. The van der Waals surface area contributed by atoms with Crippen LogP contribution in [0.25, 0.3) is 0 Å². The van der Waals surface area contributed by atoms with Gasteiger partial charge < -0.3 is 10.1 Å². The summed E-state index contributed by atoms with van der Waals surface area (Å²) in [5, 5.41) is 3.55. The second-order valence-corrected chi connectivity index (χ2v) is 5.90. The van der Waals surface area contributed by atoms with Gasteiger partial charge in [0.15, 0.2) is 0 Å². The summed E-state index contributed by atoms with van der Waals surface area (Å²) in [4.78, 5) is 0. The van der Waals surface area contributed by atoms with Crippen LogP contribution in [0.15, 0.2) is 48.5 Å². The van der Waals surface area contributed by atoms with E-state index in [1.807, 2.05) is 12.1 Å². The molecule has 1 aliphatic rings. The zero-order valence-corrected chi connectivity index (χ0v) is 12.6. The van der Waals surface area contributed by atoms with Gasteiger partial charge in [-0.25, -0.2) is 0 Å². The zero-order chi connectivity index (χ0) is 14.5. The standard InChI is InChI=1S/C19H23NO/c1-15-2-10-19(11-3-15)21-14-17-6-4-16(5-7-17)12-13-20-18-8-9-18/h2-7,10-11,18,20H,8-9,12-14H2,1H3. The Hall–Kier alpha value is -1.80. The van der Waals surface area contributed by atoms with E-state index in [0.29, 0.717) is 6.61 Å². The third kappa shape index (κ3) is 4.61. The molecule has 0 atom stereocenters. The van der Waals surface area contributed by atoms with E-state index in [4.69, 9.17) is 4.74 Å². The Morgan fingerprint density at radius 3 is 2.29 bits per heavy atom. The first-order chi connectivity index (χ1) is 10.3. The highest BCUT2D eigenvalue weighted by Crippen LogP contribution is 2.18. The molecular formula is C19H23NO. The van der Waals surface area contributed by atoms with Crippen molar-refractivity contribution in [3.63, 3.8) is 0 Å². The van der Waals surface area contributed by atoms with Crippen molar-refractivity contribution in [3.8, 4) is 5.75 Å². The summed E-state index contributed by atoms with van der Waals surface area (Å²) < 4.78 is 5.80. The van der Waals surface area contributed by atoms with Crippen LogP contribution in [-0.4, -0.2) is 12.6 Å². The van der Waals surface area contributed by atoms with E-state index in [0.717, 1.165) is 24.8 Å². The molecule has 0 spiro atoms. The molecule has 1 N–H and O–H groups in total. The lowest BCUT2D eigenvalue weighted by atomic mass is 10.1. The van der Waals surface area contributed by atoms with Crippen LogP contribution < -0.4 is 10.1 Å². The van der Waals surface area contributed by atoms with E-state index in [9.17, 15) is 0 Å². The summed E-state index contributed by atoms with van der Waals surface area (Å²) in [6, 6.07) is 17.7. The fourth-order valence-electron chi connectivity index (χ4n) is 2.31. The van der Waals surface area contributed by atoms with E-state index in [1.165, 1.54) is 29.5 Å². The molecule has 0 bridgehead atoms. The number of rotatable bonds is 7. The van der Waals surface area contributed by atoms with Crippen LogP contribution in [0.3, 0.4) is 0 Å². The number of nitrogens with one attached hydrogen (secondary N) is 1. The molecule has 0 radical (unpaired) electrons.